The maximum Gasteiger partial charge on any atom is 0.230 e. The molecule has 2 rings (SSSR count). The van der Waals surface area contributed by atoms with Gasteiger partial charge in [0, 0.05) is 25.9 Å². The molecule has 0 aromatic heterocycles. The lowest BCUT2D eigenvalue weighted by Crippen LogP contribution is -2.42. The average molecular weight is 292 g/mol. The van der Waals surface area contributed by atoms with E-state index < -0.39 is 0 Å². The molecule has 1 amide bonds. The predicted octanol–water partition coefficient (Wildman–Crippen LogP) is 2.17. The molecule has 1 aromatic carbocycles. The van der Waals surface area contributed by atoms with Crippen LogP contribution in [-0.4, -0.2) is 32.8 Å². The molecule has 0 bridgehead atoms. The molecule has 0 heterocycles. The van der Waals surface area contributed by atoms with E-state index in [2.05, 4.69) is 5.32 Å². The van der Waals surface area contributed by atoms with Crippen molar-refractivity contribution in [1.29, 1.82) is 0 Å². The Kier molecular flexibility index (Phi) is 5.59. The molecule has 1 fully saturated rings. The number of amides is 1. The number of benzene rings is 1. The standard InChI is InChI=1S/C16H24N2O3/c1-20-11-9-16(7-2-8-16)15(19)18-13-3-5-14(6-4-13)21-12-10-17/h3-6H,2,7-12,17H2,1H3,(H,18,19). The number of rotatable bonds is 8. The Morgan fingerprint density at radius 1 is 1.29 bits per heavy atom. The smallest absolute Gasteiger partial charge is 0.230 e. The molecule has 21 heavy (non-hydrogen) atoms. The summed E-state index contributed by atoms with van der Waals surface area (Å²) in [6.07, 6.45) is 3.79. The number of anilines is 1. The van der Waals surface area contributed by atoms with Crippen LogP contribution in [0.4, 0.5) is 5.69 Å². The van der Waals surface area contributed by atoms with Gasteiger partial charge in [0.2, 0.25) is 5.91 Å². The van der Waals surface area contributed by atoms with E-state index in [1.807, 2.05) is 24.3 Å². The zero-order valence-electron chi connectivity index (χ0n) is 12.6. The van der Waals surface area contributed by atoms with E-state index in [1.165, 1.54) is 0 Å². The van der Waals surface area contributed by atoms with Gasteiger partial charge in [-0.15, -0.1) is 0 Å². The minimum Gasteiger partial charge on any atom is -0.492 e. The van der Waals surface area contributed by atoms with Crippen molar-refractivity contribution < 1.29 is 14.3 Å². The highest BCUT2D eigenvalue weighted by molar-refractivity contribution is 5.95. The van der Waals surface area contributed by atoms with Crippen LogP contribution in [-0.2, 0) is 9.53 Å². The van der Waals surface area contributed by atoms with Crippen LogP contribution in [0.25, 0.3) is 0 Å². The molecule has 116 valence electrons. The Hall–Kier alpha value is -1.59. The van der Waals surface area contributed by atoms with Gasteiger partial charge in [0.05, 0.1) is 5.41 Å². The van der Waals surface area contributed by atoms with E-state index in [0.29, 0.717) is 19.8 Å². The molecule has 0 atom stereocenters. The molecule has 0 unspecified atom stereocenters. The number of ether oxygens (including phenoxy) is 2. The van der Waals surface area contributed by atoms with Crippen molar-refractivity contribution >= 4 is 11.6 Å². The molecule has 5 heteroatoms. The van der Waals surface area contributed by atoms with Gasteiger partial charge in [0.15, 0.2) is 0 Å². The third-order valence-corrected chi connectivity index (χ3v) is 4.08. The zero-order valence-corrected chi connectivity index (χ0v) is 12.6. The van der Waals surface area contributed by atoms with Crippen molar-refractivity contribution in [2.45, 2.75) is 25.7 Å². The molecule has 1 saturated carbocycles. The van der Waals surface area contributed by atoms with E-state index in [1.54, 1.807) is 7.11 Å². The Bertz CT molecular complexity index is 455. The van der Waals surface area contributed by atoms with Crippen molar-refractivity contribution in [3.63, 3.8) is 0 Å². The van der Waals surface area contributed by atoms with E-state index in [9.17, 15) is 4.79 Å². The van der Waals surface area contributed by atoms with Gasteiger partial charge in [-0.1, -0.05) is 6.42 Å². The van der Waals surface area contributed by atoms with Crippen molar-refractivity contribution in [3.05, 3.63) is 24.3 Å². The van der Waals surface area contributed by atoms with Crippen LogP contribution in [0.1, 0.15) is 25.7 Å². The highest BCUT2D eigenvalue weighted by atomic mass is 16.5. The number of carbonyl (C=O) groups is 1. The summed E-state index contributed by atoms with van der Waals surface area (Å²) in [5.74, 6) is 0.859. The third-order valence-electron chi connectivity index (χ3n) is 4.08. The van der Waals surface area contributed by atoms with Gasteiger partial charge in [-0.3, -0.25) is 4.79 Å². The molecule has 0 saturated heterocycles. The fourth-order valence-electron chi connectivity index (χ4n) is 2.57. The van der Waals surface area contributed by atoms with E-state index in [0.717, 1.165) is 37.1 Å². The summed E-state index contributed by atoms with van der Waals surface area (Å²) in [5.41, 5.74) is 5.94. The highest BCUT2D eigenvalue weighted by Gasteiger charge is 2.43. The monoisotopic (exact) mass is 292 g/mol. The van der Waals surface area contributed by atoms with E-state index in [4.69, 9.17) is 15.2 Å². The van der Waals surface area contributed by atoms with Crippen LogP contribution in [0.15, 0.2) is 24.3 Å². The normalized spacial score (nSPS) is 16.1. The van der Waals surface area contributed by atoms with Crippen LogP contribution in [0.5, 0.6) is 5.75 Å². The maximum atomic E-state index is 12.5. The van der Waals surface area contributed by atoms with Crippen LogP contribution in [0, 0.1) is 5.41 Å². The van der Waals surface area contributed by atoms with Crippen LogP contribution in [0.3, 0.4) is 0 Å². The second-order valence-electron chi connectivity index (χ2n) is 5.49. The Morgan fingerprint density at radius 3 is 2.52 bits per heavy atom. The summed E-state index contributed by atoms with van der Waals surface area (Å²) in [6, 6.07) is 7.39. The molecule has 0 radical (unpaired) electrons. The fraction of sp³-hybridized carbons (Fsp3) is 0.562. The molecule has 0 aliphatic heterocycles. The molecule has 1 aromatic rings. The number of carbonyl (C=O) groups excluding carboxylic acids is 1. The summed E-state index contributed by atoms with van der Waals surface area (Å²) < 4.78 is 10.5. The summed E-state index contributed by atoms with van der Waals surface area (Å²) in [7, 11) is 1.67. The lowest BCUT2D eigenvalue weighted by Gasteiger charge is -2.40. The fourth-order valence-corrected chi connectivity index (χ4v) is 2.57. The van der Waals surface area contributed by atoms with Gasteiger partial charge in [0.1, 0.15) is 12.4 Å². The first-order valence-corrected chi connectivity index (χ1v) is 7.43. The molecule has 1 aliphatic carbocycles. The first-order chi connectivity index (χ1) is 10.2. The molecule has 1 aliphatic rings. The van der Waals surface area contributed by atoms with Gasteiger partial charge in [-0.25, -0.2) is 0 Å². The van der Waals surface area contributed by atoms with Crippen molar-refractivity contribution in [3.8, 4) is 5.75 Å². The Balaban J connectivity index is 1.92. The number of methoxy groups -OCH3 is 1. The number of nitrogens with one attached hydrogen (secondary N) is 1. The van der Waals surface area contributed by atoms with Crippen LogP contribution in [0.2, 0.25) is 0 Å². The summed E-state index contributed by atoms with van der Waals surface area (Å²) in [4.78, 5) is 12.5. The first kappa shape index (κ1) is 15.8. The summed E-state index contributed by atoms with van der Waals surface area (Å²) >= 11 is 0. The third kappa shape index (κ3) is 3.95. The lowest BCUT2D eigenvalue weighted by molar-refractivity contribution is -0.131. The molecular formula is C16H24N2O3. The SMILES string of the molecule is COCCC1(C(=O)Nc2ccc(OCCN)cc2)CCC1. The second-order valence-corrected chi connectivity index (χ2v) is 5.49. The maximum absolute atomic E-state index is 12.5. The topological polar surface area (TPSA) is 73.6 Å². The average Bonchev–Trinajstić information content (AvgIpc) is 2.45. The molecule has 3 N–H and O–H groups in total. The second kappa shape index (κ2) is 7.43. The first-order valence-electron chi connectivity index (χ1n) is 7.43. The molecular weight excluding hydrogens is 268 g/mol. The van der Waals surface area contributed by atoms with E-state index >= 15 is 0 Å². The number of hydrogen-bond donors (Lipinski definition) is 2. The predicted molar refractivity (Wildman–Crippen MR) is 82.4 cm³/mol. The molecule has 5 nitrogen and oxygen atoms in total. The van der Waals surface area contributed by atoms with Crippen molar-refractivity contribution in [2.75, 3.05) is 32.2 Å². The Labute approximate surface area is 125 Å². The summed E-state index contributed by atoms with van der Waals surface area (Å²) in [5, 5.41) is 3.00. The van der Waals surface area contributed by atoms with Gasteiger partial charge >= 0.3 is 0 Å². The summed E-state index contributed by atoms with van der Waals surface area (Å²) in [6.45, 7) is 1.60. The van der Waals surface area contributed by atoms with Crippen molar-refractivity contribution in [2.24, 2.45) is 11.1 Å². The van der Waals surface area contributed by atoms with Gasteiger partial charge in [-0.2, -0.15) is 0 Å². The molecule has 0 spiro atoms. The van der Waals surface area contributed by atoms with Crippen LogP contribution < -0.4 is 15.8 Å². The number of nitrogens with two attached hydrogens (primary N) is 1. The van der Waals surface area contributed by atoms with Gasteiger partial charge in [0.25, 0.3) is 0 Å². The highest BCUT2D eigenvalue weighted by Crippen LogP contribution is 2.44. The van der Waals surface area contributed by atoms with Gasteiger partial charge < -0.3 is 20.5 Å². The quantitative estimate of drug-likeness (QED) is 0.770. The minimum atomic E-state index is -0.245. The van der Waals surface area contributed by atoms with Crippen LogP contribution >= 0.6 is 0 Å². The minimum absolute atomic E-state index is 0.0985. The van der Waals surface area contributed by atoms with Crippen molar-refractivity contribution in [1.82, 2.24) is 0 Å². The van der Waals surface area contributed by atoms with Gasteiger partial charge in [-0.05, 0) is 43.5 Å². The van der Waals surface area contributed by atoms with E-state index in [-0.39, 0.29) is 11.3 Å². The zero-order chi connectivity index (χ0) is 15.1. The largest absolute Gasteiger partial charge is 0.492 e. The lowest BCUT2D eigenvalue weighted by atomic mass is 9.66. The Morgan fingerprint density at radius 2 is 2.00 bits per heavy atom. The number of hydrogen-bond acceptors (Lipinski definition) is 4.